The lowest BCUT2D eigenvalue weighted by molar-refractivity contribution is 0.448. The summed E-state index contributed by atoms with van der Waals surface area (Å²) in [6.45, 7) is 2.62. The molecule has 0 saturated heterocycles. The fourth-order valence-electron chi connectivity index (χ4n) is 2.00. The van der Waals surface area contributed by atoms with Crippen LogP contribution in [0.25, 0.3) is 0 Å². The minimum Gasteiger partial charge on any atom is -0.316 e. The average molecular weight is 337 g/mol. The molecule has 120 valence electrons. The molecular formula is C14H22ClFN2O2S. The summed E-state index contributed by atoms with van der Waals surface area (Å²) >= 11 is 5.92. The molecule has 0 atom stereocenters. The van der Waals surface area contributed by atoms with Gasteiger partial charge in [0.15, 0.2) is 0 Å². The maximum absolute atomic E-state index is 14.4. The lowest BCUT2D eigenvalue weighted by Crippen LogP contribution is -2.29. The summed E-state index contributed by atoms with van der Waals surface area (Å²) in [7, 11) is -0.748. The molecule has 4 nitrogen and oxygen atoms in total. The van der Waals surface area contributed by atoms with Crippen LogP contribution in [0.1, 0.15) is 31.7 Å². The molecule has 0 saturated carbocycles. The summed E-state index contributed by atoms with van der Waals surface area (Å²) in [6.07, 6.45) is 2.67. The topological polar surface area (TPSA) is 49.4 Å². The van der Waals surface area contributed by atoms with E-state index in [9.17, 15) is 12.8 Å². The van der Waals surface area contributed by atoms with Crippen molar-refractivity contribution in [3.05, 3.63) is 28.5 Å². The van der Waals surface area contributed by atoms with Crippen LogP contribution in [0.3, 0.4) is 0 Å². The molecule has 0 aromatic heterocycles. The molecule has 1 aromatic carbocycles. The first-order valence-electron chi connectivity index (χ1n) is 6.93. The van der Waals surface area contributed by atoms with Crippen molar-refractivity contribution in [3.8, 4) is 0 Å². The van der Waals surface area contributed by atoms with Gasteiger partial charge in [0, 0.05) is 30.7 Å². The Labute approximate surface area is 131 Å². The Balaban J connectivity index is 3.12. The van der Waals surface area contributed by atoms with Crippen molar-refractivity contribution in [2.75, 3.05) is 20.6 Å². The van der Waals surface area contributed by atoms with Crippen molar-refractivity contribution >= 4 is 21.6 Å². The van der Waals surface area contributed by atoms with E-state index in [1.807, 2.05) is 6.92 Å². The van der Waals surface area contributed by atoms with Gasteiger partial charge in [-0.2, -0.15) is 0 Å². The molecule has 0 heterocycles. The molecule has 1 rings (SSSR count). The second-order valence-corrected chi connectivity index (χ2v) is 7.39. The number of nitrogens with zero attached hydrogens (tertiary/aromatic N) is 1. The second kappa shape index (κ2) is 8.08. The average Bonchev–Trinajstić information content (AvgIpc) is 2.42. The normalized spacial score (nSPS) is 12.1. The summed E-state index contributed by atoms with van der Waals surface area (Å²) in [4.78, 5) is -0.362. The summed E-state index contributed by atoms with van der Waals surface area (Å²) in [5.74, 6) is -0.740. The molecule has 0 unspecified atom stereocenters. The predicted molar refractivity (Wildman–Crippen MR) is 83.5 cm³/mol. The van der Waals surface area contributed by atoms with Crippen molar-refractivity contribution in [3.63, 3.8) is 0 Å². The van der Waals surface area contributed by atoms with E-state index >= 15 is 0 Å². The van der Waals surface area contributed by atoms with Gasteiger partial charge in [0.05, 0.1) is 0 Å². The summed E-state index contributed by atoms with van der Waals surface area (Å²) in [5.41, 5.74) is 0.241. The molecule has 21 heavy (non-hydrogen) atoms. The number of rotatable bonds is 8. The quantitative estimate of drug-likeness (QED) is 0.742. The summed E-state index contributed by atoms with van der Waals surface area (Å²) in [5, 5.41) is 3.01. The Kier molecular flexibility index (Phi) is 7.06. The van der Waals surface area contributed by atoms with Crippen molar-refractivity contribution in [1.82, 2.24) is 9.62 Å². The Bertz CT molecular complexity index is 579. The predicted octanol–water partition coefficient (Wildman–Crippen LogP) is 3.01. The molecule has 1 aromatic rings. The lowest BCUT2D eigenvalue weighted by atomic mass is 10.2. The monoisotopic (exact) mass is 336 g/mol. The molecule has 7 heteroatoms. The lowest BCUT2D eigenvalue weighted by Gasteiger charge is -2.18. The number of hydrogen-bond acceptors (Lipinski definition) is 3. The smallest absolute Gasteiger partial charge is 0.245 e. The maximum atomic E-state index is 14.4. The molecule has 0 spiro atoms. The Hall–Kier alpha value is -0.690. The first-order valence-corrected chi connectivity index (χ1v) is 8.75. The Morgan fingerprint density at radius 2 is 2.00 bits per heavy atom. The van der Waals surface area contributed by atoms with E-state index in [0.29, 0.717) is 6.54 Å². The zero-order valence-corrected chi connectivity index (χ0v) is 14.2. The standard InChI is InChI=1S/C14H22ClFN2O2S/c1-4-5-6-7-18(3)21(19,20)13-9-12(15)8-11(10-17-2)14(13)16/h8-9,17H,4-7,10H2,1-3H3. The summed E-state index contributed by atoms with van der Waals surface area (Å²) < 4.78 is 40.5. The molecule has 0 aliphatic heterocycles. The largest absolute Gasteiger partial charge is 0.316 e. The highest BCUT2D eigenvalue weighted by molar-refractivity contribution is 7.89. The van der Waals surface area contributed by atoms with E-state index in [0.717, 1.165) is 19.3 Å². The minimum absolute atomic E-state index is 0.210. The summed E-state index contributed by atoms with van der Waals surface area (Å²) in [6, 6.07) is 2.60. The van der Waals surface area contributed by atoms with Crippen LogP contribution in [0.5, 0.6) is 0 Å². The highest BCUT2D eigenvalue weighted by atomic mass is 35.5. The van der Waals surface area contributed by atoms with Crippen LogP contribution in [0.15, 0.2) is 17.0 Å². The number of unbranched alkanes of at least 4 members (excludes halogenated alkanes) is 2. The van der Waals surface area contributed by atoms with Crippen molar-refractivity contribution < 1.29 is 12.8 Å². The third-order valence-electron chi connectivity index (χ3n) is 3.21. The zero-order valence-electron chi connectivity index (χ0n) is 12.6. The van der Waals surface area contributed by atoms with E-state index in [-0.39, 0.29) is 22.0 Å². The van der Waals surface area contributed by atoms with Gasteiger partial charge in [-0.15, -0.1) is 0 Å². The number of hydrogen-bond donors (Lipinski definition) is 1. The number of halogens is 2. The Morgan fingerprint density at radius 3 is 2.57 bits per heavy atom. The first kappa shape index (κ1) is 18.4. The molecule has 0 bridgehead atoms. The van der Waals surface area contributed by atoms with Crippen LogP contribution in [0.2, 0.25) is 5.02 Å². The van der Waals surface area contributed by atoms with Crippen LogP contribution in [-0.4, -0.2) is 33.4 Å². The highest BCUT2D eigenvalue weighted by Gasteiger charge is 2.26. The molecule has 0 aliphatic carbocycles. The van der Waals surface area contributed by atoms with Gasteiger partial charge in [0.2, 0.25) is 10.0 Å². The van der Waals surface area contributed by atoms with Crippen molar-refractivity contribution in [2.24, 2.45) is 0 Å². The van der Waals surface area contributed by atoms with Crippen LogP contribution in [0, 0.1) is 5.82 Å². The van der Waals surface area contributed by atoms with Gasteiger partial charge in [-0.1, -0.05) is 31.4 Å². The molecule has 0 amide bonds. The number of sulfonamides is 1. The van der Waals surface area contributed by atoms with E-state index in [2.05, 4.69) is 5.32 Å². The highest BCUT2D eigenvalue weighted by Crippen LogP contribution is 2.26. The van der Waals surface area contributed by atoms with Gasteiger partial charge in [-0.25, -0.2) is 17.1 Å². The molecular weight excluding hydrogens is 315 g/mol. The van der Waals surface area contributed by atoms with Gasteiger partial charge in [-0.05, 0) is 25.6 Å². The van der Waals surface area contributed by atoms with Crippen LogP contribution >= 0.6 is 11.6 Å². The molecule has 0 aliphatic rings. The molecule has 1 N–H and O–H groups in total. The zero-order chi connectivity index (χ0) is 16.0. The van der Waals surface area contributed by atoms with Crippen molar-refractivity contribution in [1.29, 1.82) is 0 Å². The first-order chi connectivity index (χ1) is 9.84. The van der Waals surface area contributed by atoms with E-state index in [1.54, 1.807) is 7.05 Å². The van der Waals surface area contributed by atoms with Crippen LogP contribution in [-0.2, 0) is 16.6 Å². The minimum atomic E-state index is -3.87. The van der Waals surface area contributed by atoms with Gasteiger partial charge >= 0.3 is 0 Å². The van der Waals surface area contributed by atoms with Crippen LogP contribution in [0.4, 0.5) is 4.39 Å². The SMILES string of the molecule is CCCCCN(C)S(=O)(=O)c1cc(Cl)cc(CNC)c1F. The third kappa shape index (κ3) is 4.64. The van der Waals surface area contributed by atoms with E-state index < -0.39 is 15.8 Å². The van der Waals surface area contributed by atoms with Crippen molar-refractivity contribution in [2.45, 2.75) is 37.6 Å². The van der Waals surface area contributed by atoms with E-state index in [4.69, 9.17) is 11.6 Å². The Morgan fingerprint density at radius 1 is 1.33 bits per heavy atom. The van der Waals surface area contributed by atoms with E-state index in [1.165, 1.54) is 23.5 Å². The van der Waals surface area contributed by atoms with Gasteiger partial charge < -0.3 is 5.32 Å². The van der Waals surface area contributed by atoms with Gasteiger partial charge in [0.1, 0.15) is 10.7 Å². The molecule has 0 fully saturated rings. The third-order valence-corrected chi connectivity index (χ3v) is 5.29. The fourth-order valence-corrected chi connectivity index (χ4v) is 3.64. The fraction of sp³-hybridized carbons (Fsp3) is 0.571. The number of nitrogens with one attached hydrogen (secondary N) is 1. The number of benzene rings is 1. The second-order valence-electron chi connectivity index (χ2n) is 4.94. The van der Waals surface area contributed by atoms with Crippen LogP contribution < -0.4 is 5.32 Å². The van der Waals surface area contributed by atoms with Gasteiger partial charge in [0.25, 0.3) is 0 Å². The molecule has 0 radical (unpaired) electrons. The maximum Gasteiger partial charge on any atom is 0.245 e. The van der Waals surface area contributed by atoms with Gasteiger partial charge in [-0.3, -0.25) is 0 Å².